The van der Waals surface area contributed by atoms with Gasteiger partial charge < -0.3 is 4.74 Å². The lowest BCUT2D eigenvalue weighted by atomic mass is 9.79. The normalized spacial score (nSPS) is 20.2. The van der Waals surface area contributed by atoms with Crippen LogP contribution < -0.4 is 4.74 Å². The molecule has 0 amide bonds. The Kier molecular flexibility index (Phi) is 6.71. The van der Waals surface area contributed by atoms with E-state index in [0.29, 0.717) is 18.1 Å². The van der Waals surface area contributed by atoms with Gasteiger partial charge in [0.2, 0.25) is 0 Å². The van der Waals surface area contributed by atoms with E-state index in [1.807, 2.05) is 12.1 Å². The molecule has 3 rings (SSSR count). The number of fused-ring (bicyclic) bond motifs is 1. The SMILES string of the molecule is CCCCCCC(=O)Oc1ccc2cc(C3CCC(C)CC3)ccc2c1. The average molecular weight is 353 g/mol. The lowest BCUT2D eigenvalue weighted by Gasteiger charge is -2.26. The predicted octanol–water partition coefficient (Wildman–Crippen LogP) is 7.01. The van der Waals surface area contributed by atoms with E-state index in [1.165, 1.54) is 49.5 Å². The van der Waals surface area contributed by atoms with E-state index in [-0.39, 0.29) is 5.97 Å². The molecule has 2 nitrogen and oxygen atoms in total. The van der Waals surface area contributed by atoms with Gasteiger partial charge in [0.15, 0.2) is 0 Å². The van der Waals surface area contributed by atoms with Crippen LogP contribution in [-0.2, 0) is 4.79 Å². The highest BCUT2D eigenvalue weighted by Crippen LogP contribution is 2.36. The molecule has 2 aromatic rings. The first-order valence-electron chi connectivity index (χ1n) is 10.4. The number of hydrogen-bond acceptors (Lipinski definition) is 2. The second kappa shape index (κ2) is 9.21. The standard InChI is InChI=1S/C24H32O2/c1-3-4-5-6-7-24(25)26-23-15-14-21-16-20(12-13-22(21)17-23)19-10-8-18(2)9-11-19/h12-19H,3-11H2,1-2H3. The van der Waals surface area contributed by atoms with Gasteiger partial charge in [-0.3, -0.25) is 4.79 Å². The molecule has 26 heavy (non-hydrogen) atoms. The molecule has 0 N–H and O–H groups in total. The molecule has 1 fully saturated rings. The molecule has 0 radical (unpaired) electrons. The minimum Gasteiger partial charge on any atom is -0.427 e. The summed E-state index contributed by atoms with van der Waals surface area (Å²) in [6.07, 6.45) is 10.2. The van der Waals surface area contributed by atoms with Gasteiger partial charge in [0.05, 0.1) is 0 Å². The smallest absolute Gasteiger partial charge is 0.311 e. The van der Waals surface area contributed by atoms with Crippen LogP contribution in [0.4, 0.5) is 0 Å². The third-order valence-electron chi connectivity index (χ3n) is 5.79. The molecule has 0 aromatic heterocycles. The van der Waals surface area contributed by atoms with Gasteiger partial charge in [-0.05, 0) is 59.6 Å². The van der Waals surface area contributed by atoms with E-state index in [9.17, 15) is 4.79 Å². The molecule has 2 heteroatoms. The van der Waals surface area contributed by atoms with Crippen molar-refractivity contribution in [2.24, 2.45) is 5.92 Å². The van der Waals surface area contributed by atoms with E-state index < -0.39 is 0 Å². The summed E-state index contributed by atoms with van der Waals surface area (Å²) in [4.78, 5) is 12.0. The fraction of sp³-hybridized carbons (Fsp3) is 0.542. The quantitative estimate of drug-likeness (QED) is 0.304. The second-order valence-electron chi connectivity index (χ2n) is 8.01. The third kappa shape index (κ3) is 5.09. The van der Waals surface area contributed by atoms with Crippen LogP contribution in [0, 0.1) is 5.92 Å². The average Bonchev–Trinajstić information content (AvgIpc) is 2.65. The fourth-order valence-corrected chi connectivity index (χ4v) is 4.03. The van der Waals surface area contributed by atoms with Crippen LogP contribution in [-0.4, -0.2) is 5.97 Å². The molecule has 0 saturated heterocycles. The molecule has 140 valence electrons. The number of ether oxygens (including phenoxy) is 1. The highest BCUT2D eigenvalue weighted by molar-refractivity contribution is 5.85. The van der Waals surface area contributed by atoms with Crippen molar-refractivity contribution in [1.82, 2.24) is 0 Å². The van der Waals surface area contributed by atoms with E-state index >= 15 is 0 Å². The summed E-state index contributed by atoms with van der Waals surface area (Å²) in [6.45, 7) is 4.54. The van der Waals surface area contributed by atoms with Crippen LogP contribution in [0.1, 0.15) is 83.1 Å². The monoisotopic (exact) mass is 352 g/mol. The van der Waals surface area contributed by atoms with Crippen LogP contribution in [0.15, 0.2) is 36.4 Å². The highest BCUT2D eigenvalue weighted by atomic mass is 16.5. The first-order chi connectivity index (χ1) is 12.7. The molecule has 0 aliphatic heterocycles. The Bertz CT molecular complexity index is 726. The zero-order valence-corrected chi connectivity index (χ0v) is 16.3. The first kappa shape index (κ1) is 18.9. The summed E-state index contributed by atoms with van der Waals surface area (Å²) in [6, 6.07) is 12.8. The Labute approximate surface area is 157 Å². The highest BCUT2D eigenvalue weighted by Gasteiger charge is 2.19. The summed E-state index contributed by atoms with van der Waals surface area (Å²) >= 11 is 0. The zero-order valence-electron chi connectivity index (χ0n) is 16.3. The Balaban J connectivity index is 1.62. The molecule has 1 aliphatic rings. The van der Waals surface area contributed by atoms with Crippen molar-refractivity contribution in [2.45, 2.75) is 77.6 Å². The Morgan fingerprint density at radius 1 is 0.962 bits per heavy atom. The molecule has 0 unspecified atom stereocenters. The van der Waals surface area contributed by atoms with Gasteiger partial charge >= 0.3 is 5.97 Å². The molecule has 0 spiro atoms. The molecular formula is C24H32O2. The van der Waals surface area contributed by atoms with Crippen molar-refractivity contribution in [2.75, 3.05) is 0 Å². The van der Waals surface area contributed by atoms with Gasteiger partial charge in [0, 0.05) is 6.42 Å². The Morgan fingerprint density at radius 2 is 1.69 bits per heavy atom. The van der Waals surface area contributed by atoms with Gasteiger partial charge in [-0.2, -0.15) is 0 Å². The molecule has 0 heterocycles. The van der Waals surface area contributed by atoms with Crippen molar-refractivity contribution >= 4 is 16.7 Å². The first-order valence-corrected chi connectivity index (χ1v) is 10.4. The summed E-state index contributed by atoms with van der Waals surface area (Å²) in [5.41, 5.74) is 1.46. The van der Waals surface area contributed by atoms with Gasteiger partial charge in [-0.1, -0.05) is 70.2 Å². The number of esters is 1. The van der Waals surface area contributed by atoms with Crippen molar-refractivity contribution in [3.05, 3.63) is 42.0 Å². The minimum atomic E-state index is -0.117. The minimum absolute atomic E-state index is 0.117. The maximum absolute atomic E-state index is 12.0. The van der Waals surface area contributed by atoms with Gasteiger partial charge in [-0.25, -0.2) is 0 Å². The van der Waals surface area contributed by atoms with Crippen LogP contribution >= 0.6 is 0 Å². The summed E-state index contributed by atoms with van der Waals surface area (Å²) in [5, 5.41) is 2.39. The topological polar surface area (TPSA) is 26.3 Å². The van der Waals surface area contributed by atoms with E-state index in [0.717, 1.165) is 24.1 Å². The number of carbonyl (C=O) groups excluding carboxylic acids is 1. The van der Waals surface area contributed by atoms with Gasteiger partial charge in [0.25, 0.3) is 0 Å². The second-order valence-corrected chi connectivity index (χ2v) is 8.01. The maximum Gasteiger partial charge on any atom is 0.311 e. The zero-order chi connectivity index (χ0) is 18.4. The Hall–Kier alpha value is -1.83. The van der Waals surface area contributed by atoms with Crippen molar-refractivity contribution < 1.29 is 9.53 Å². The molecule has 1 saturated carbocycles. The molecule has 1 aliphatic carbocycles. The molecular weight excluding hydrogens is 320 g/mol. The third-order valence-corrected chi connectivity index (χ3v) is 5.79. The van der Waals surface area contributed by atoms with E-state index in [2.05, 4.69) is 38.1 Å². The van der Waals surface area contributed by atoms with Crippen LogP contribution in [0.25, 0.3) is 10.8 Å². The van der Waals surface area contributed by atoms with Crippen molar-refractivity contribution in [3.8, 4) is 5.75 Å². The number of hydrogen-bond donors (Lipinski definition) is 0. The lowest BCUT2D eigenvalue weighted by Crippen LogP contribution is -2.10. The number of carbonyl (C=O) groups is 1. The Morgan fingerprint density at radius 3 is 2.46 bits per heavy atom. The maximum atomic E-state index is 12.0. The number of benzene rings is 2. The predicted molar refractivity (Wildman–Crippen MR) is 109 cm³/mol. The van der Waals surface area contributed by atoms with Gasteiger partial charge in [-0.15, -0.1) is 0 Å². The summed E-state index contributed by atoms with van der Waals surface area (Å²) < 4.78 is 5.52. The van der Waals surface area contributed by atoms with Crippen molar-refractivity contribution in [3.63, 3.8) is 0 Å². The molecule has 0 bridgehead atoms. The molecule has 2 aromatic carbocycles. The van der Waals surface area contributed by atoms with Crippen LogP contribution in [0.3, 0.4) is 0 Å². The lowest BCUT2D eigenvalue weighted by molar-refractivity contribution is -0.134. The largest absolute Gasteiger partial charge is 0.427 e. The summed E-state index contributed by atoms with van der Waals surface area (Å²) in [7, 11) is 0. The van der Waals surface area contributed by atoms with Crippen molar-refractivity contribution in [1.29, 1.82) is 0 Å². The van der Waals surface area contributed by atoms with Crippen LogP contribution in [0.5, 0.6) is 5.75 Å². The van der Waals surface area contributed by atoms with E-state index in [1.54, 1.807) is 0 Å². The summed E-state index contributed by atoms with van der Waals surface area (Å²) in [5.74, 6) is 2.13. The van der Waals surface area contributed by atoms with E-state index in [4.69, 9.17) is 4.74 Å². The van der Waals surface area contributed by atoms with Crippen LogP contribution in [0.2, 0.25) is 0 Å². The van der Waals surface area contributed by atoms with Gasteiger partial charge in [0.1, 0.15) is 5.75 Å². The fourth-order valence-electron chi connectivity index (χ4n) is 4.03. The molecule has 0 atom stereocenters. The number of unbranched alkanes of at least 4 members (excludes halogenated alkanes) is 3. The number of rotatable bonds is 7.